The number of hydrogen-bond acceptors (Lipinski definition) is 4. The average Bonchev–Trinajstić information content (AvgIpc) is 2.31. The number of carbonyl (C=O) groups excluding carboxylic acids is 2. The van der Waals surface area contributed by atoms with Crippen LogP contribution >= 0.6 is 0 Å². The second kappa shape index (κ2) is 10.3. The molecule has 0 rings (SSSR count). The molecule has 0 fully saturated rings. The predicted molar refractivity (Wildman–Crippen MR) is 62.9 cm³/mol. The molecule has 0 aliphatic rings. The van der Waals surface area contributed by atoms with Crippen LogP contribution in [0.15, 0.2) is 9.98 Å². The molecule has 0 saturated carbocycles. The van der Waals surface area contributed by atoms with E-state index in [0.29, 0.717) is 0 Å². The maximum absolute atomic E-state index is 10.1. The Balaban J connectivity index is 3.72. The van der Waals surface area contributed by atoms with Gasteiger partial charge in [0.25, 0.3) is 0 Å². The molecule has 0 bridgehead atoms. The Labute approximate surface area is 96.9 Å². The standard InChI is InChI=1S/C12H20N2O2/c1-3-11(13-9-15)7-5-6-8-12(4-2)14-10-16/h11-12H,3-8H2,1-2H3. The van der Waals surface area contributed by atoms with E-state index in [2.05, 4.69) is 9.98 Å². The Kier molecular flexibility index (Phi) is 9.49. The molecule has 4 nitrogen and oxygen atoms in total. The zero-order valence-electron chi connectivity index (χ0n) is 10.1. The molecule has 0 radical (unpaired) electrons. The van der Waals surface area contributed by atoms with Crippen LogP contribution in [0.25, 0.3) is 0 Å². The molecule has 2 atom stereocenters. The fraction of sp³-hybridized carbons (Fsp3) is 0.833. The van der Waals surface area contributed by atoms with Crippen LogP contribution in [0.4, 0.5) is 0 Å². The van der Waals surface area contributed by atoms with Crippen LogP contribution in [0.3, 0.4) is 0 Å². The highest BCUT2D eigenvalue weighted by molar-refractivity contribution is 5.33. The lowest BCUT2D eigenvalue weighted by Crippen LogP contribution is -2.05. The molecule has 0 spiro atoms. The first-order valence-electron chi connectivity index (χ1n) is 5.92. The minimum absolute atomic E-state index is 0.104. The first-order chi connectivity index (χ1) is 7.78. The number of isocyanates is 2. The van der Waals surface area contributed by atoms with E-state index in [-0.39, 0.29) is 12.1 Å². The number of aliphatic imine (C=N–C) groups is 2. The lowest BCUT2D eigenvalue weighted by Gasteiger charge is -2.09. The van der Waals surface area contributed by atoms with Gasteiger partial charge in [0.2, 0.25) is 12.2 Å². The van der Waals surface area contributed by atoms with Gasteiger partial charge in [0, 0.05) is 0 Å². The van der Waals surface area contributed by atoms with Crippen LogP contribution in [-0.2, 0) is 9.59 Å². The Morgan fingerprint density at radius 2 is 1.25 bits per heavy atom. The summed E-state index contributed by atoms with van der Waals surface area (Å²) < 4.78 is 0. The third-order valence-electron chi connectivity index (χ3n) is 2.74. The summed E-state index contributed by atoms with van der Waals surface area (Å²) in [6.45, 7) is 4.02. The molecule has 0 amide bonds. The Morgan fingerprint density at radius 1 is 0.875 bits per heavy atom. The molecule has 90 valence electrons. The minimum Gasteiger partial charge on any atom is -0.211 e. The van der Waals surface area contributed by atoms with Crippen LogP contribution < -0.4 is 0 Å². The summed E-state index contributed by atoms with van der Waals surface area (Å²) in [5, 5.41) is 0. The molecule has 0 aliphatic carbocycles. The van der Waals surface area contributed by atoms with Crippen LogP contribution in [0.1, 0.15) is 52.4 Å². The van der Waals surface area contributed by atoms with Gasteiger partial charge < -0.3 is 0 Å². The number of rotatable bonds is 9. The Hall–Kier alpha value is -1.24. The maximum Gasteiger partial charge on any atom is 0.235 e. The highest BCUT2D eigenvalue weighted by atomic mass is 16.1. The summed E-state index contributed by atoms with van der Waals surface area (Å²) in [5.41, 5.74) is 0. The minimum atomic E-state index is 0.104. The highest BCUT2D eigenvalue weighted by Gasteiger charge is 2.06. The van der Waals surface area contributed by atoms with E-state index in [9.17, 15) is 9.59 Å². The van der Waals surface area contributed by atoms with Gasteiger partial charge in [0.1, 0.15) is 0 Å². The number of nitrogens with zero attached hydrogens (tertiary/aromatic N) is 2. The van der Waals surface area contributed by atoms with Crippen molar-refractivity contribution < 1.29 is 9.59 Å². The summed E-state index contributed by atoms with van der Waals surface area (Å²) >= 11 is 0. The third-order valence-corrected chi connectivity index (χ3v) is 2.74. The maximum atomic E-state index is 10.1. The van der Waals surface area contributed by atoms with E-state index in [0.717, 1.165) is 38.5 Å². The Morgan fingerprint density at radius 3 is 1.50 bits per heavy atom. The second-order valence-corrected chi connectivity index (χ2v) is 3.85. The zero-order chi connectivity index (χ0) is 12.2. The first kappa shape index (κ1) is 14.8. The fourth-order valence-corrected chi connectivity index (χ4v) is 1.63. The predicted octanol–water partition coefficient (Wildman–Crippen LogP) is 2.78. The van der Waals surface area contributed by atoms with Crippen LogP contribution in [0.2, 0.25) is 0 Å². The van der Waals surface area contributed by atoms with Gasteiger partial charge in [0.15, 0.2) is 0 Å². The fourth-order valence-electron chi connectivity index (χ4n) is 1.63. The SMILES string of the molecule is CCC(CCCCC(CC)N=C=O)N=C=O. The Bertz CT molecular complexity index is 238. The molecule has 4 heteroatoms. The molecule has 0 aromatic carbocycles. The smallest absolute Gasteiger partial charge is 0.211 e. The van der Waals surface area contributed by atoms with Gasteiger partial charge >= 0.3 is 0 Å². The van der Waals surface area contributed by atoms with Gasteiger partial charge in [-0.2, -0.15) is 0 Å². The molecular formula is C12H20N2O2. The average molecular weight is 224 g/mol. The van der Waals surface area contributed by atoms with Crippen molar-refractivity contribution in [1.82, 2.24) is 0 Å². The number of unbranched alkanes of at least 4 members (excludes halogenated alkanes) is 1. The van der Waals surface area contributed by atoms with E-state index in [1.54, 1.807) is 12.2 Å². The van der Waals surface area contributed by atoms with Gasteiger partial charge in [-0.3, -0.25) is 0 Å². The highest BCUT2D eigenvalue weighted by Crippen LogP contribution is 2.13. The van der Waals surface area contributed by atoms with Crippen molar-refractivity contribution in [2.75, 3.05) is 0 Å². The molecule has 0 heterocycles. The van der Waals surface area contributed by atoms with E-state index in [4.69, 9.17) is 0 Å². The summed E-state index contributed by atoms with van der Waals surface area (Å²) in [6, 6.07) is 0.208. The van der Waals surface area contributed by atoms with Crippen LogP contribution in [-0.4, -0.2) is 24.2 Å². The number of hydrogen-bond donors (Lipinski definition) is 0. The largest absolute Gasteiger partial charge is 0.235 e. The van der Waals surface area contributed by atoms with Gasteiger partial charge in [-0.15, -0.1) is 0 Å². The van der Waals surface area contributed by atoms with Crippen molar-refractivity contribution in [2.45, 2.75) is 64.5 Å². The van der Waals surface area contributed by atoms with Gasteiger partial charge in [-0.1, -0.05) is 26.7 Å². The summed E-state index contributed by atoms with van der Waals surface area (Å²) in [7, 11) is 0. The van der Waals surface area contributed by atoms with Crippen LogP contribution in [0.5, 0.6) is 0 Å². The van der Waals surface area contributed by atoms with Crippen molar-refractivity contribution in [1.29, 1.82) is 0 Å². The van der Waals surface area contributed by atoms with E-state index < -0.39 is 0 Å². The van der Waals surface area contributed by atoms with Crippen LogP contribution in [0, 0.1) is 0 Å². The van der Waals surface area contributed by atoms with Crippen molar-refractivity contribution in [3.63, 3.8) is 0 Å². The third kappa shape index (κ3) is 7.10. The monoisotopic (exact) mass is 224 g/mol. The van der Waals surface area contributed by atoms with E-state index in [1.807, 2.05) is 13.8 Å². The van der Waals surface area contributed by atoms with E-state index >= 15 is 0 Å². The molecule has 0 saturated heterocycles. The molecule has 0 N–H and O–H groups in total. The second-order valence-electron chi connectivity index (χ2n) is 3.85. The molecule has 0 aromatic heterocycles. The lowest BCUT2D eigenvalue weighted by molar-refractivity contribution is 0.494. The molecule has 0 aliphatic heterocycles. The zero-order valence-corrected chi connectivity index (χ0v) is 10.1. The summed E-state index contributed by atoms with van der Waals surface area (Å²) in [5.74, 6) is 0. The van der Waals surface area contributed by atoms with Crippen molar-refractivity contribution in [3.05, 3.63) is 0 Å². The van der Waals surface area contributed by atoms with Crippen molar-refractivity contribution in [2.24, 2.45) is 9.98 Å². The normalized spacial score (nSPS) is 13.4. The molecular weight excluding hydrogens is 204 g/mol. The van der Waals surface area contributed by atoms with E-state index in [1.165, 1.54) is 0 Å². The first-order valence-corrected chi connectivity index (χ1v) is 5.92. The van der Waals surface area contributed by atoms with Crippen molar-refractivity contribution in [3.8, 4) is 0 Å². The summed E-state index contributed by atoms with van der Waals surface area (Å²) in [4.78, 5) is 27.6. The lowest BCUT2D eigenvalue weighted by atomic mass is 10.0. The summed E-state index contributed by atoms with van der Waals surface area (Å²) in [6.07, 6.45) is 8.79. The van der Waals surface area contributed by atoms with Crippen molar-refractivity contribution >= 4 is 12.2 Å². The van der Waals surface area contributed by atoms with Gasteiger partial charge in [0.05, 0.1) is 12.1 Å². The molecule has 0 aromatic rings. The topological polar surface area (TPSA) is 58.9 Å². The molecule has 2 unspecified atom stereocenters. The van der Waals surface area contributed by atoms with Gasteiger partial charge in [-0.05, 0) is 25.7 Å². The van der Waals surface area contributed by atoms with Gasteiger partial charge in [-0.25, -0.2) is 19.6 Å². The quantitative estimate of drug-likeness (QED) is 0.343. The molecule has 16 heavy (non-hydrogen) atoms.